The van der Waals surface area contributed by atoms with Crippen LogP contribution in [-0.4, -0.2) is 10.3 Å². The van der Waals surface area contributed by atoms with Gasteiger partial charge in [-0.2, -0.15) is 5.26 Å². The smallest absolute Gasteiger partial charge is 0.144 e. The van der Waals surface area contributed by atoms with Crippen LogP contribution in [0.15, 0.2) is 71.0 Å². The number of hydrogen-bond acceptors (Lipinski definition) is 5. The molecule has 4 rings (SSSR count). The van der Waals surface area contributed by atoms with Crippen LogP contribution in [0.4, 0.5) is 0 Å². The first-order chi connectivity index (χ1) is 11.4. The van der Waals surface area contributed by atoms with E-state index in [1.807, 2.05) is 60.7 Å². The highest BCUT2D eigenvalue weighted by Gasteiger charge is 2.32. The standard InChI is InChI=1S/C18H12N4O/c19-11-14-15(12-7-3-1-4-8-12)17-18(22-23-21-17)16(20-14)13-9-5-2-6-10-13/h1-10,16,20H. The highest BCUT2D eigenvalue weighted by molar-refractivity contribution is 5.84. The first-order valence-electron chi connectivity index (χ1n) is 7.22. The molecule has 23 heavy (non-hydrogen) atoms. The summed E-state index contributed by atoms with van der Waals surface area (Å²) in [5, 5.41) is 21.0. The van der Waals surface area contributed by atoms with Gasteiger partial charge in [0, 0.05) is 5.57 Å². The minimum atomic E-state index is -0.250. The molecule has 1 unspecified atom stereocenters. The number of nitriles is 1. The third-order valence-corrected chi connectivity index (χ3v) is 3.87. The quantitative estimate of drug-likeness (QED) is 0.787. The van der Waals surface area contributed by atoms with Gasteiger partial charge in [-0.05, 0) is 16.3 Å². The second kappa shape index (κ2) is 5.43. The lowest BCUT2D eigenvalue weighted by molar-refractivity contribution is 0.301. The van der Waals surface area contributed by atoms with Gasteiger partial charge < -0.3 is 5.32 Å². The van der Waals surface area contributed by atoms with Crippen molar-refractivity contribution in [3.63, 3.8) is 0 Å². The molecule has 5 heteroatoms. The van der Waals surface area contributed by atoms with Crippen molar-refractivity contribution >= 4 is 5.57 Å². The van der Waals surface area contributed by atoms with E-state index in [0.717, 1.165) is 16.7 Å². The van der Waals surface area contributed by atoms with E-state index in [-0.39, 0.29) is 6.04 Å². The van der Waals surface area contributed by atoms with Crippen LogP contribution in [0.1, 0.15) is 28.6 Å². The Morgan fingerprint density at radius 1 is 0.957 bits per heavy atom. The molecular formula is C18H12N4O. The zero-order valence-electron chi connectivity index (χ0n) is 12.1. The highest BCUT2D eigenvalue weighted by atomic mass is 16.6. The second-order valence-corrected chi connectivity index (χ2v) is 5.21. The number of benzene rings is 2. The molecule has 0 radical (unpaired) electrons. The summed E-state index contributed by atoms with van der Waals surface area (Å²) in [5.74, 6) is 0. The van der Waals surface area contributed by atoms with Gasteiger partial charge in [-0.15, -0.1) is 0 Å². The van der Waals surface area contributed by atoms with Crippen molar-refractivity contribution < 1.29 is 4.63 Å². The van der Waals surface area contributed by atoms with Crippen molar-refractivity contribution in [2.45, 2.75) is 6.04 Å². The number of aromatic nitrogens is 2. The fourth-order valence-corrected chi connectivity index (χ4v) is 2.82. The first kappa shape index (κ1) is 13.3. The van der Waals surface area contributed by atoms with Gasteiger partial charge in [-0.1, -0.05) is 65.8 Å². The summed E-state index contributed by atoms with van der Waals surface area (Å²) in [6, 6.07) is 21.5. The molecule has 0 saturated heterocycles. The van der Waals surface area contributed by atoms with Crippen molar-refractivity contribution in [3.8, 4) is 6.07 Å². The van der Waals surface area contributed by atoms with E-state index in [4.69, 9.17) is 4.63 Å². The van der Waals surface area contributed by atoms with Gasteiger partial charge in [0.2, 0.25) is 0 Å². The molecule has 2 aromatic carbocycles. The summed E-state index contributed by atoms with van der Waals surface area (Å²) >= 11 is 0. The van der Waals surface area contributed by atoms with Crippen molar-refractivity contribution in [1.82, 2.24) is 15.6 Å². The molecule has 5 nitrogen and oxygen atoms in total. The molecule has 0 bridgehead atoms. The van der Waals surface area contributed by atoms with Crippen LogP contribution in [-0.2, 0) is 0 Å². The Morgan fingerprint density at radius 3 is 2.35 bits per heavy atom. The zero-order valence-corrected chi connectivity index (χ0v) is 12.1. The van der Waals surface area contributed by atoms with Gasteiger partial charge in [-0.25, -0.2) is 4.63 Å². The summed E-state index contributed by atoms with van der Waals surface area (Å²) in [7, 11) is 0. The Kier molecular flexibility index (Phi) is 3.13. The number of nitrogens with one attached hydrogen (secondary N) is 1. The Balaban J connectivity index is 1.90. The lowest BCUT2D eigenvalue weighted by Gasteiger charge is -2.24. The van der Waals surface area contributed by atoms with E-state index in [1.165, 1.54) is 0 Å². The van der Waals surface area contributed by atoms with Crippen molar-refractivity contribution in [2.75, 3.05) is 0 Å². The average Bonchev–Trinajstić information content (AvgIpc) is 3.11. The van der Waals surface area contributed by atoms with Crippen LogP contribution in [0.2, 0.25) is 0 Å². The highest BCUT2D eigenvalue weighted by Crippen LogP contribution is 2.36. The number of allylic oxidation sites excluding steroid dienone is 1. The molecule has 2 heterocycles. The minimum absolute atomic E-state index is 0.250. The summed E-state index contributed by atoms with van der Waals surface area (Å²) in [4.78, 5) is 0. The van der Waals surface area contributed by atoms with Gasteiger partial charge in [0.05, 0.1) is 0 Å². The van der Waals surface area contributed by atoms with Gasteiger partial charge in [-0.3, -0.25) is 0 Å². The van der Waals surface area contributed by atoms with Crippen LogP contribution in [0.25, 0.3) is 5.57 Å². The summed E-state index contributed by atoms with van der Waals surface area (Å²) in [6.45, 7) is 0. The maximum Gasteiger partial charge on any atom is 0.144 e. The molecule has 1 atom stereocenters. The Hall–Kier alpha value is -3.39. The molecule has 1 aliphatic rings. The maximum atomic E-state index is 9.60. The number of nitrogens with zero attached hydrogens (tertiary/aromatic N) is 3. The van der Waals surface area contributed by atoms with Gasteiger partial charge in [0.1, 0.15) is 29.2 Å². The Bertz CT molecular complexity index is 907. The van der Waals surface area contributed by atoms with Crippen LogP contribution in [0.3, 0.4) is 0 Å². The molecule has 1 aliphatic heterocycles. The molecular weight excluding hydrogens is 288 g/mol. The van der Waals surface area contributed by atoms with E-state index in [9.17, 15) is 5.26 Å². The second-order valence-electron chi connectivity index (χ2n) is 5.21. The molecule has 1 N–H and O–H groups in total. The third-order valence-electron chi connectivity index (χ3n) is 3.87. The SMILES string of the molecule is N#CC1=C(c2ccccc2)c2nonc2C(c2ccccc2)N1. The van der Waals surface area contributed by atoms with Gasteiger partial charge >= 0.3 is 0 Å². The third kappa shape index (κ3) is 2.17. The fraction of sp³-hybridized carbons (Fsp3) is 0.0556. The van der Waals surface area contributed by atoms with Crippen LogP contribution in [0.5, 0.6) is 0 Å². The largest absolute Gasteiger partial charge is 0.363 e. The predicted octanol–water partition coefficient (Wildman–Crippen LogP) is 3.05. The van der Waals surface area contributed by atoms with E-state index >= 15 is 0 Å². The molecule has 0 spiro atoms. The van der Waals surface area contributed by atoms with E-state index in [0.29, 0.717) is 17.1 Å². The minimum Gasteiger partial charge on any atom is -0.363 e. The lowest BCUT2D eigenvalue weighted by Crippen LogP contribution is -2.28. The molecule has 0 fully saturated rings. The number of fused-ring (bicyclic) bond motifs is 1. The number of rotatable bonds is 2. The van der Waals surface area contributed by atoms with Gasteiger partial charge in [0.25, 0.3) is 0 Å². The monoisotopic (exact) mass is 300 g/mol. The van der Waals surface area contributed by atoms with Crippen LogP contribution in [0, 0.1) is 11.3 Å². The van der Waals surface area contributed by atoms with Gasteiger partial charge in [0.15, 0.2) is 0 Å². The molecule has 1 aromatic heterocycles. The van der Waals surface area contributed by atoms with Crippen molar-refractivity contribution in [2.24, 2.45) is 0 Å². The van der Waals surface area contributed by atoms with E-state index in [2.05, 4.69) is 21.7 Å². The van der Waals surface area contributed by atoms with E-state index < -0.39 is 0 Å². The summed E-state index contributed by atoms with van der Waals surface area (Å²) in [5.41, 5.74) is 4.39. The lowest BCUT2D eigenvalue weighted by atomic mass is 9.90. The van der Waals surface area contributed by atoms with Crippen LogP contribution >= 0.6 is 0 Å². The average molecular weight is 300 g/mol. The zero-order chi connectivity index (χ0) is 15.6. The molecule has 110 valence electrons. The first-order valence-corrected chi connectivity index (χ1v) is 7.22. The molecule has 3 aromatic rings. The Morgan fingerprint density at radius 2 is 1.65 bits per heavy atom. The van der Waals surface area contributed by atoms with Crippen molar-refractivity contribution in [3.05, 3.63) is 88.9 Å². The molecule has 0 amide bonds. The maximum absolute atomic E-state index is 9.60. The van der Waals surface area contributed by atoms with Crippen molar-refractivity contribution in [1.29, 1.82) is 5.26 Å². The number of hydrogen-bond donors (Lipinski definition) is 1. The molecule has 0 saturated carbocycles. The van der Waals surface area contributed by atoms with E-state index in [1.54, 1.807) is 0 Å². The molecule has 0 aliphatic carbocycles. The summed E-state index contributed by atoms with van der Waals surface area (Å²) in [6.07, 6.45) is 0. The summed E-state index contributed by atoms with van der Waals surface area (Å²) < 4.78 is 4.98. The topological polar surface area (TPSA) is 74.7 Å². The Labute approximate surface area is 132 Å². The fourth-order valence-electron chi connectivity index (χ4n) is 2.82. The van der Waals surface area contributed by atoms with Crippen LogP contribution < -0.4 is 5.32 Å². The predicted molar refractivity (Wildman–Crippen MR) is 83.8 cm³/mol. The normalized spacial score (nSPS) is 16.4.